The van der Waals surface area contributed by atoms with Crippen molar-refractivity contribution in [2.24, 2.45) is 0 Å². The minimum Gasteiger partial charge on any atom is -0.228 e. The van der Waals surface area contributed by atoms with Gasteiger partial charge in [-0.2, -0.15) is 0 Å². The zero-order chi connectivity index (χ0) is 65.5. The summed E-state index contributed by atoms with van der Waals surface area (Å²) in [5.74, 6) is 0.641. The van der Waals surface area contributed by atoms with Crippen molar-refractivity contribution in [2.45, 2.75) is 0 Å². The Kier molecular flexibility index (Phi) is 16.9. The monoisotopic (exact) mass is 1280 g/mol. The number of nitrogens with zero attached hydrogens (tertiary/aromatic N) is 2. The first-order valence-electron chi connectivity index (χ1n) is 33.7. The molecule has 0 saturated heterocycles. The molecular formula is C94H68N2Si2. The number of hydrogen-bond acceptors (Lipinski definition) is 2. The molecule has 16 rings (SSSR count). The van der Waals surface area contributed by atoms with E-state index in [2.05, 4.69) is 413 Å². The van der Waals surface area contributed by atoms with Gasteiger partial charge in [0.1, 0.15) is 0 Å². The minimum atomic E-state index is -3.50. The average Bonchev–Trinajstić information content (AvgIpc) is 0.711. The lowest BCUT2D eigenvalue weighted by Crippen LogP contribution is -2.78. The first kappa shape index (κ1) is 60.7. The van der Waals surface area contributed by atoms with E-state index in [0.717, 1.165) is 72.6 Å². The van der Waals surface area contributed by atoms with E-state index in [-0.39, 0.29) is 0 Å². The van der Waals surface area contributed by atoms with Crippen molar-refractivity contribution in [2.75, 3.05) is 0 Å². The summed E-state index contributed by atoms with van der Waals surface area (Å²) in [7, 11) is -7.00. The standard InChI is InChI=1S/C94H68N2Si2/c1-9-31-69(32-10-1)73-39-25-43-77(59-73)79-45-29-57-88(63-79)97(84-49-17-5-18-50-84,85-51-19-6-20-52-85)90-65-83(94-95-92(81-47-27-41-75(61-81)71-35-13-3-14-36-71)68-93(96-94)82-48-28-42-76(62-82)72-37-15-4-16-38-72)66-91(67-90)98(86-53-21-7-22-54-86,87-55-23-8-24-56-87)89-58-30-46-80(64-89)78-44-26-40-74(60-78)70-33-11-2-12-34-70/h1-68H. The fourth-order valence-corrected chi connectivity index (χ4v) is 24.5. The third-order valence-corrected chi connectivity index (χ3v) is 28.8. The summed E-state index contributed by atoms with van der Waals surface area (Å²) < 4.78 is 0. The maximum absolute atomic E-state index is 5.89. The summed E-state index contributed by atoms with van der Waals surface area (Å²) in [4.78, 5) is 11.8. The lowest BCUT2D eigenvalue weighted by Gasteiger charge is -2.38. The van der Waals surface area contributed by atoms with Crippen molar-refractivity contribution in [3.63, 3.8) is 0 Å². The molecule has 0 saturated carbocycles. The van der Waals surface area contributed by atoms with E-state index in [0.29, 0.717) is 5.82 Å². The Labute approximate surface area is 576 Å². The van der Waals surface area contributed by atoms with Crippen molar-refractivity contribution in [1.82, 2.24) is 9.97 Å². The quantitative estimate of drug-likeness (QED) is 0.0671. The van der Waals surface area contributed by atoms with E-state index < -0.39 is 16.1 Å². The van der Waals surface area contributed by atoms with Crippen LogP contribution in [-0.4, -0.2) is 26.1 Å². The van der Waals surface area contributed by atoms with Crippen LogP contribution in [0.4, 0.5) is 0 Å². The maximum Gasteiger partial charge on any atom is 0.179 e. The van der Waals surface area contributed by atoms with Gasteiger partial charge in [-0.25, -0.2) is 9.97 Å². The van der Waals surface area contributed by atoms with Crippen LogP contribution in [-0.2, 0) is 0 Å². The molecule has 4 heteroatoms. The molecule has 0 radical (unpaired) electrons. The minimum absolute atomic E-state index is 0.641. The van der Waals surface area contributed by atoms with Crippen LogP contribution in [0.3, 0.4) is 0 Å². The zero-order valence-corrected chi connectivity index (χ0v) is 56.2. The van der Waals surface area contributed by atoms with E-state index >= 15 is 0 Å². The van der Waals surface area contributed by atoms with Gasteiger partial charge in [-0.05, 0) is 139 Å². The Balaban J connectivity index is 1.03. The lowest BCUT2D eigenvalue weighted by molar-refractivity contribution is 1.18. The van der Waals surface area contributed by atoms with Gasteiger partial charge < -0.3 is 0 Å². The van der Waals surface area contributed by atoms with Gasteiger partial charge in [0, 0.05) is 16.7 Å². The van der Waals surface area contributed by atoms with Crippen LogP contribution in [0.1, 0.15) is 0 Å². The molecule has 98 heavy (non-hydrogen) atoms. The van der Waals surface area contributed by atoms with Crippen molar-refractivity contribution in [3.05, 3.63) is 413 Å². The van der Waals surface area contributed by atoms with Gasteiger partial charge in [0.05, 0.1) is 11.4 Å². The number of benzene rings is 15. The van der Waals surface area contributed by atoms with Crippen LogP contribution < -0.4 is 41.5 Å². The summed E-state index contributed by atoms with van der Waals surface area (Å²) >= 11 is 0. The molecule has 2 nitrogen and oxygen atoms in total. The highest BCUT2D eigenvalue weighted by atomic mass is 28.3. The number of aromatic nitrogens is 2. The SMILES string of the molecule is c1ccc(-c2cccc(-c3cccc([Si](c4ccccc4)(c4ccccc4)c4cc(-c5nc(-c6cccc(-c7ccccc7)c6)cc(-c6cccc(-c7ccccc7)c6)n5)cc([Si](c5ccccc5)(c5ccccc5)c5cccc(-c6cccc(-c7ccccc7)c6)c5)c4)c3)c2)cc1. The van der Waals surface area contributed by atoms with Crippen molar-refractivity contribution >= 4 is 57.6 Å². The summed E-state index contributed by atoms with van der Waals surface area (Å²) in [5, 5.41) is 10.0. The summed E-state index contributed by atoms with van der Waals surface area (Å²) in [6, 6.07) is 153. The van der Waals surface area contributed by atoms with Gasteiger partial charge in [0.25, 0.3) is 0 Å². The second-order valence-electron chi connectivity index (χ2n) is 25.2. The summed E-state index contributed by atoms with van der Waals surface area (Å²) in [6.07, 6.45) is 0. The number of rotatable bonds is 17. The van der Waals surface area contributed by atoms with E-state index in [1.165, 1.54) is 63.7 Å². The topological polar surface area (TPSA) is 25.8 Å². The van der Waals surface area contributed by atoms with Gasteiger partial charge in [-0.1, -0.05) is 382 Å². The summed E-state index contributed by atoms with van der Waals surface area (Å²) in [6.45, 7) is 0. The molecule has 0 amide bonds. The second-order valence-corrected chi connectivity index (χ2v) is 32.8. The molecule has 16 aromatic rings. The first-order chi connectivity index (χ1) is 48.5. The van der Waals surface area contributed by atoms with Crippen LogP contribution in [0.15, 0.2) is 413 Å². The molecule has 0 bridgehead atoms. The predicted molar refractivity (Wildman–Crippen MR) is 418 cm³/mol. The molecule has 0 atom stereocenters. The van der Waals surface area contributed by atoms with E-state index in [1.54, 1.807) is 0 Å². The van der Waals surface area contributed by atoms with Crippen LogP contribution >= 0.6 is 0 Å². The molecule has 0 aliphatic carbocycles. The normalized spacial score (nSPS) is 11.5. The molecule has 0 unspecified atom stereocenters. The molecule has 1 heterocycles. The highest BCUT2D eigenvalue weighted by molar-refractivity contribution is 7.22. The van der Waals surface area contributed by atoms with E-state index in [1.807, 2.05) is 0 Å². The molecule has 0 aliphatic rings. The largest absolute Gasteiger partial charge is 0.228 e. The second kappa shape index (κ2) is 27.3. The fraction of sp³-hybridized carbons (Fsp3) is 0. The van der Waals surface area contributed by atoms with Crippen LogP contribution in [0.5, 0.6) is 0 Å². The molecule has 0 N–H and O–H groups in total. The lowest BCUT2D eigenvalue weighted by atomic mass is 9.99. The van der Waals surface area contributed by atoms with Crippen LogP contribution in [0.2, 0.25) is 0 Å². The fourth-order valence-electron chi connectivity index (χ4n) is 14.7. The highest BCUT2D eigenvalue weighted by Crippen LogP contribution is 2.34. The Morgan fingerprint density at radius 3 is 0.633 bits per heavy atom. The molecule has 0 spiro atoms. The van der Waals surface area contributed by atoms with Gasteiger partial charge >= 0.3 is 0 Å². The Hall–Kier alpha value is -12.2. The van der Waals surface area contributed by atoms with E-state index in [9.17, 15) is 0 Å². The molecule has 0 aliphatic heterocycles. The summed E-state index contributed by atoms with van der Waals surface area (Å²) in [5.41, 5.74) is 18.5. The highest BCUT2D eigenvalue weighted by Gasteiger charge is 2.46. The first-order valence-corrected chi connectivity index (χ1v) is 37.7. The average molecular weight is 1280 g/mol. The van der Waals surface area contributed by atoms with Crippen molar-refractivity contribution in [1.29, 1.82) is 0 Å². The van der Waals surface area contributed by atoms with Gasteiger partial charge in [-0.15, -0.1) is 0 Å². The smallest absolute Gasteiger partial charge is 0.179 e. The van der Waals surface area contributed by atoms with Gasteiger partial charge in [0.15, 0.2) is 22.0 Å². The number of hydrogen-bond donors (Lipinski definition) is 0. The Bertz CT molecular complexity index is 5010. The van der Waals surface area contributed by atoms with Gasteiger partial charge in [0.2, 0.25) is 0 Å². The zero-order valence-electron chi connectivity index (χ0n) is 54.2. The Morgan fingerprint density at radius 1 is 0.133 bits per heavy atom. The van der Waals surface area contributed by atoms with Crippen molar-refractivity contribution < 1.29 is 0 Å². The molecule has 1 aromatic heterocycles. The molecule has 462 valence electrons. The molecular weight excluding hydrogens is 1210 g/mol. The van der Waals surface area contributed by atoms with Crippen LogP contribution in [0, 0.1) is 0 Å². The van der Waals surface area contributed by atoms with E-state index in [4.69, 9.17) is 9.97 Å². The molecule has 15 aromatic carbocycles. The third-order valence-electron chi connectivity index (χ3n) is 19.3. The third kappa shape index (κ3) is 11.9. The Morgan fingerprint density at radius 2 is 0.337 bits per heavy atom. The van der Waals surface area contributed by atoms with Gasteiger partial charge in [-0.3, -0.25) is 0 Å². The molecule has 0 fully saturated rings. The van der Waals surface area contributed by atoms with Crippen molar-refractivity contribution in [3.8, 4) is 101 Å². The predicted octanol–water partition coefficient (Wildman–Crippen LogP) is 18.2. The van der Waals surface area contributed by atoms with Crippen LogP contribution in [0.25, 0.3) is 101 Å². The maximum atomic E-state index is 5.89.